The highest BCUT2D eigenvalue weighted by molar-refractivity contribution is 4.95. The molecule has 1 aliphatic heterocycles. The predicted octanol–water partition coefficient (Wildman–Crippen LogP) is 1.15. The molecule has 64 valence electrons. The van der Waals surface area contributed by atoms with Crippen molar-refractivity contribution in [1.82, 2.24) is 0 Å². The van der Waals surface area contributed by atoms with Gasteiger partial charge in [0.2, 0.25) is 0 Å². The van der Waals surface area contributed by atoms with E-state index in [1.165, 1.54) is 25.7 Å². The third kappa shape index (κ3) is 1.09. The van der Waals surface area contributed by atoms with Gasteiger partial charge in [-0.2, -0.15) is 0 Å². The van der Waals surface area contributed by atoms with E-state index >= 15 is 0 Å². The van der Waals surface area contributed by atoms with Gasteiger partial charge in [0.25, 0.3) is 0 Å². The molecule has 1 aliphatic carbocycles. The van der Waals surface area contributed by atoms with Gasteiger partial charge in [0.1, 0.15) is 0 Å². The zero-order chi connectivity index (χ0) is 7.73. The number of hydrogen-bond acceptors (Lipinski definition) is 2. The van der Waals surface area contributed by atoms with Crippen molar-refractivity contribution in [2.45, 2.75) is 25.7 Å². The average Bonchev–Trinajstić information content (AvgIpc) is 1.79. The molecule has 0 aromatic rings. The van der Waals surface area contributed by atoms with Gasteiger partial charge in [0.05, 0.1) is 13.2 Å². The first kappa shape index (κ1) is 7.56. The summed E-state index contributed by atoms with van der Waals surface area (Å²) < 4.78 is 5.29. The first-order valence-corrected chi connectivity index (χ1v) is 4.65. The Kier molecular flexibility index (Phi) is 1.90. The minimum atomic E-state index is 0.521. The van der Waals surface area contributed by atoms with Gasteiger partial charge in [0, 0.05) is 5.41 Å². The van der Waals surface area contributed by atoms with Crippen LogP contribution in [0.15, 0.2) is 0 Å². The molecule has 0 atom stereocenters. The maximum absolute atomic E-state index is 5.59. The molecule has 2 heteroatoms. The summed E-state index contributed by atoms with van der Waals surface area (Å²) in [7, 11) is 0. The quantitative estimate of drug-likeness (QED) is 0.663. The highest BCUT2D eigenvalue weighted by Gasteiger charge is 2.46. The summed E-state index contributed by atoms with van der Waals surface area (Å²) in [6.07, 6.45) is 5.45. The maximum Gasteiger partial charge on any atom is 0.0547 e. The molecule has 0 unspecified atom stereocenters. The molecule has 1 heterocycles. The van der Waals surface area contributed by atoms with Crippen molar-refractivity contribution in [3.8, 4) is 0 Å². The minimum absolute atomic E-state index is 0.521. The second-order valence-corrected chi connectivity index (χ2v) is 4.02. The van der Waals surface area contributed by atoms with Gasteiger partial charge in [0.15, 0.2) is 0 Å². The lowest BCUT2D eigenvalue weighted by Crippen LogP contribution is -2.51. The largest absolute Gasteiger partial charge is 0.380 e. The smallest absolute Gasteiger partial charge is 0.0547 e. The zero-order valence-corrected chi connectivity index (χ0v) is 7.01. The van der Waals surface area contributed by atoms with E-state index in [0.29, 0.717) is 5.41 Å². The van der Waals surface area contributed by atoms with E-state index in [1.54, 1.807) is 0 Å². The van der Waals surface area contributed by atoms with Crippen LogP contribution in [0.25, 0.3) is 0 Å². The van der Waals surface area contributed by atoms with Crippen LogP contribution in [0.3, 0.4) is 0 Å². The Hall–Kier alpha value is -0.0800. The van der Waals surface area contributed by atoms with Crippen molar-refractivity contribution in [2.24, 2.45) is 17.1 Å². The van der Waals surface area contributed by atoms with Crippen LogP contribution < -0.4 is 5.73 Å². The predicted molar refractivity (Wildman–Crippen MR) is 44.3 cm³/mol. The molecule has 2 nitrogen and oxygen atoms in total. The summed E-state index contributed by atoms with van der Waals surface area (Å²) in [6, 6.07) is 0. The zero-order valence-electron chi connectivity index (χ0n) is 7.01. The van der Waals surface area contributed by atoms with Crippen LogP contribution in [0.4, 0.5) is 0 Å². The highest BCUT2D eigenvalue weighted by Crippen LogP contribution is 2.48. The molecule has 2 rings (SSSR count). The number of nitrogens with two attached hydrogens (primary N) is 1. The second-order valence-electron chi connectivity index (χ2n) is 4.02. The summed E-state index contributed by atoms with van der Waals surface area (Å²) in [5.41, 5.74) is 6.11. The van der Waals surface area contributed by atoms with Gasteiger partial charge in [-0.25, -0.2) is 0 Å². The fraction of sp³-hybridized carbons (Fsp3) is 1.00. The third-order valence-corrected chi connectivity index (χ3v) is 3.39. The van der Waals surface area contributed by atoms with Gasteiger partial charge < -0.3 is 10.5 Å². The van der Waals surface area contributed by atoms with Crippen LogP contribution in [0.2, 0.25) is 0 Å². The molecule has 0 aromatic heterocycles. The van der Waals surface area contributed by atoms with Crippen molar-refractivity contribution in [1.29, 1.82) is 0 Å². The SMILES string of the molecule is NCCC1(C2CCC2)COC1. The molecule has 1 saturated carbocycles. The molecule has 0 amide bonds. The lowest BCUT2D eigenvalue weighted by atomic mass is 9.62. The Balaban J connectivity index is 1.92. The van der Waals surface area contributed by atoms with Crippen molar-refractivity contribution in [3.05, 3.63) is 0 Å². The lowest BCUT2D eigenvalue weighted by Gasteiger charge is -2.51. The monoisotopic (exact) mass is 155 g/mol. The summed E-state index contributed by atoms with van der Waals surface area (Å²) in [6.45, 7) is 2.80. The van der Waals surface area contributed by atoms with E-state index in [1.807, 2.05) is 0 Å². The molecular weight excluding hydrogens is 138 g/mol. The Morgan fingerprint density at radius 3 is 2.36 bits per heavy atom. The van der Waals surface area contributed by atoms with Crippen LogP contribution in [0.5, 0.6) is 0 Å². The lowest BCUT2D eigenvalue weighted by molar-refractivity contribution is -0.164. The topological polar surface area (TPSA) is 35.2 Å². The molecular formula is C9H17NO. The molecule has 2 fully saturated rings. The molecule has 0 radical (unpaired) electrons. The van der Waals surface area contributed by atoms with E-state index in [4.69, 9.17) is 10.5 Å². The van der Waals surface area contributed by atoms with E-state index in [9.17, 15) is 0 Å². The van der Waals surface area contributed by atoms with Crippen LogP contribution >= 0.6 is 0 Å². The number of hydrogen-bond donors (Lipinski definition) is 1. The fourth-order valence-corrected chi connectivity index (χ4v) is 2.26. The van der Waals surface area contributed by atoms with Crippen molar-refractivity contribution < 1.29 is 4.74 Å². The van der Waals surface area contributed by atoms with Crippen LogP contribution in [0, 0.1) is 11.3 Å². The molecule has 0 spiro atoms. The Morgan fingerprint density at radius 2 is 2.09 bits per heavy atom. The van der Waals surface area contributed by atoms with Gasteiger partial charge in [-0.15, -0.1) is 0 Å². The molecule has 2 aliphatic rings. The Labute approximate surface area is 68.1 Å². The van der Waals surface area contributed by atoms with Crippen LogP contribution in [-0.2, 0) is 4.74 Å². The highest BCUT2D eigenvalue weighted by atomic mass is 16.5. The van der Waals surface area contributed by atoms with Crippen molar-refractivity contribution in [2.75, 3.05) is 19.8 Å². The molecule has 1 saturated heterocycles. The Bertz CT molecular complexity index is 138. The first-order chi connectivity index (χ1) is 5.37. The first-order valence-electron chi connectivity index (χ1n) is 4.65. The van der Waals surface area contributed by atoms with Crippen LogP contribution in [0.1, 0.15) is 25.7 Å². The normalized spacial score (nSPS) is 29.2. The van der Waals surface area contributed by atoms with Gasteiger partial charge in [-0.1, -0.05) is 6.42 Å². The third-order valence-electron chi connectivity index (χ3n) is 3.39. The molecule has 0 bridgehead atoms. The summed E-state index contributed by atoms with van der Waals surface area (Å²) in [5.74, 6) is 0.944. The minimum Gasteiger partial charge on any atom is -0.380 e. The van der Waals surface area contributed by atoms with E-state index in [2.05, 4.69) is 0 Å². The molecule has 11 heavy (non-hydrogen) atoms. The Morgan fingerprint density at radius 1 is 1.36 bits per heavy atom. The van der Waals surface area contributed by atoms with E-state index in [-0.39, 0.29) is 0 Å². The van der Waals surface area contributed by atoms with Gasteiger partial charge >= 0.3 is 0 Å². The van der Waals surface area contributed by atoms with E-state index in [0.717, 1.165) is 25.7 Å². The van der Waals surface area contributed by atoms with Crippen molar-refractivity contribution in [3.63, 3.8) is 0 Å². The maximum atomic E-state index is 5.59. The van der Waals surface area contributed by atoms with Crippen molar-refractivity contribution >= 4 is 0 Å². The summed E-state index contributed by atoms with van der Waals surface area (Å²) in [5, 5.41) is 0. The van der Waals surface area contributed by atoms with Gasteiger partial charge in [-0.3, -0.25) is 0 Å². The summed E-state index contributed by atoms with van der Waals surface area (Å²) >= 11 is 0. The summed E-state index contributed by atoms with van der Waals surface area (Å²) in [4.78, 5) is 0. The molecule has 2 N–H and O–H groups in total. The number of rotatable bonds is 3. The fourth-order valence-electron chi connectivity index (χ4n) is 2.26. The standard InChI is InChI=1S/C9H17NO/c10-5-4-9(6-11-7-9)8-2-1-3-8/h8H,1-7,10H2. The average molecular weight is 155 g/mol. The molecule has 0 aromatic carbocycles. The second kappa shape index (κ2) is 2.76. The van der Waals surface area contributed by atoms with E-state index < -0.39 is 0 Å². The number of ether oxygens (including phenoxy) is 1. The van der Waals surface area contributed by atoms with Gasteiger partial charge in [-0.05, 0) is 31.7 Å². The van der Waals surface area contributed by atoms with Crippen LogP contribution in [-0.4, -0.2) is 19.8 Å².